The molecule has 0 amide bonds. The molecule has 0 aromatic rings. The Morgan fingerprint density at radius 3 is 1.47 bits per heavy atom. The van der Waals surface area contributed by atoms with Gasteiger partial charge in [0.05, 0.1) is 0 Å². The first-order chi connectivity index (χ1) is 24.1. The van der Waals surface area contributed by atoms with Crippen LogP contribution < -0.4 is 0 Å². The van der Waals surface area contributed by atoms with Crippen molar-refractivity contribution in [3.8, 4) is 0 Å². The molecule has 0 spiro atoms. The van der Waals surface area contributed by atoms with Crippen LogP contribution in [0.15, 0.2) is 72.9 Å². The Labute approximate surface area is 309 Å². The number of unbranched alkanes of at least 4 members (excludes halogenated alkanes) is 15. The van der Waals surface area contributed by atoms with Crippen molar-refractivity contribution in [1.29, 1.82) is 0 Å². The first-order valence-corrected chi connectivity index (χ1v) is 21.7. The molecule has 1 heteroatoms. The van der Waals surface area contributed by atoms with E-state index in [0.29, 0.717) is 6.04 Å². The molecule has 0 aromatic heterocycles. The van der Waals surface area contributed by atoms with E-state index in [1.165, 1.54) is 161 Å². The van der Waals surface area contributed by atoms with E-state index in [4.69, 9.17) is 6.58 Å². The summed E-state index contributed by atoms with van der Waals surface area (Å²) in [5, 5.41) is 0. The van der Waals surface area contributed by atoms with Crippen LogP contribution in [0.2, 0.25) is 0 Å². The summed E-state index contributed by atoms with van der Waals surface area (Å²) in [5.41, 5.74) is 1.58. The fourth-order valence-corrected chi connectivity index (χ4v) is 7.73. The fraction of sp³-hybridized carbons (Fsp3) is 0.750. The summed E-state index contributed by atoms with van der Waals surface area (Å²) >= 11 is 0. The summed E-state index contributed by atoms with van der Waals surface area (Å²) in [7, 11) is 4.58. The summed E-state index contributed by atoms with van der Waals surface area (Å²) in [6.07, 6.45) is 62.0. The van der Waals surface area contributed by atoms with Crippen LogP contribution in [0.4, 0.5) is 0 Å². The SMILES string of the molecule is C=C(CC(CCCCCCCC/C=C\C/C=C\C/C=C\CC)CCCCCCCC/C=C\C/C=C\CCCCC)C1CCCCC1N(C)C. The molecule has 1 nitrogen and oxygen atoms in total. The van der Waals surface area contributed by atoms with Crippen LogP contribution in [0.1, 0.15) is 200 Å². The molecule has 282 valence electrons. The Morgan fingerprint density at radius 1 is 0.551 bits per heavy atom. The quantitative estimate of drug-likeness (QED) is 0.0494. The van der Waals surface area contributed by atoms with E-state index in [1.54, 1.807) is 5.57 Å². The molecule has 0 aliphatic heterocycles. The molecule has 1 rings (SSSR count). The lowest BCUT2D eigenvalue weighted by atomic mass is 9.76. The van der Waals surface area contributed by atoms with Crippen LogP contribution in [0.25, 0.3) is 0 Å². The first kappa shape index (κ1) is 45.4. The smallest absolute Gasteiger partial charge is 0.0154 e. The van der Waals surface area contributed by atoms with E-state index < -0.39 is 0 Å². The molecule has 3 atom stereocenters. The van der Waals surface area contributed by atoms with Crippen molar-refractivity contribution < 1.29 is 0 Å². The number of hydrogen-bond acceptors (Lipinski definition) is 1. The maximum absolute atomic E-state index is 4.75. The molecule has 0 aromatic carbocycles. The highest BCUT2D eigenvalue weighted by Gasteiger charge is 2.29. The summed E-state index contributed by atoms with van der Waals surface area (Å²) in [4.78, 5) is 2.49. The minimum atomic E-state index is 0.711. The maximum Gasteiger partial charge on any atom is 0.0154 e. The zero-order valence-electron chi connectivity index (χ0n) is 33.7. The van der Waals surface area contributed by atoms with Gasteiger partial charge in [-0.2, -0.15) is 0 Å². The molecule has 1 aliphatic carbocycles. The molecular weight excluding hydrogens is 591 g/mol. The zero-order valence-corrected chi connectivity index (χ0v) is 33.7. The number of allylic oxidation sites excluding steroid dienone is 10. The topological polar surface area (TPSA) is 3.24 Å². The van der Waals surface area contributed by atoms with Gasteiger partial charge >= 0.3 is 0 Å². The van der Waals surface area contributed by atoms with Crippen molar-refractivity contribution >= 4 is 0 Å². The van der Waals surface area contributed by atoms with Gasteiger partial charge in [-0.05, 0) is 109 Å². The van der Waals surface area contributed by atoms with Gasteiger partial charge in [0.1, 0.15) is 0 Å². The Balaban J connectivity index is 2.28. The van der Waals surface area contributed by atoms with Crippen LogP contribution in [0, 0.1) is 11.8 Å². The van der Waals surface area contributed by atoms with Gasteiger partial charge in [-0.25, -0.2) is 0 Å². The van der Waals surface area contributed by atoms with Crippen molar-refractivity contribution in [3.63, 3.8) is 0 Å². The minimum absolute atomic E-state index is 0.711. The van der Waals surface area contributed by atoms with E-state index in [0.717, 1.165) is 37.5 Å². The molecule has 1 aliphatic rings. The van der Waals surface area contributed by atoms with Gasteiger partial charge in [-0.3, -0.25) is 0 Å². The number of hydrogen-bond donors (Lipinski definition) is 0. The average Bonchev–Trinajstić information content (AvgIpc) is 3.11. The first-order valence-electron chi connectivity index (χ1n) is 21.7. The van der Waals surface area contributed by atoms with Crippen molar-refractivity contribution in [2.75, 3.05) is 14.1 Å². The number of rotatable bonds is 33. The Kier molecular flexibility index (Phi) is 32.3. The highest BCUT2D eigenvalue weighted by Crippen LogP contribution is 2.36. The predicted molar refractivity (Wildman–Crippen MR) is 225 cm³/mol. The van der Waals surface area contributed by atoms with Gasteiger partial charge in [0.25, 0.3) is 0 Å². The standard InChI is InChI=1S/C48H85N/c1-6-8-10-12-14-16-18-20-22-24-26-28-30-32-34-36-40-46(44-45(3)47-42-38-39-43-48(47)49(4)5)41-37-35-33-31-29-27-25-23-21-19-17-15-13-11-9-7-2/h8,10,14-17,20-23,46-48H,3,6-7,9,11-13,18-19,24-44H2,1-2,4-5H3/b10-8-,16-14-,17-15-,22-20-,23-21-. The van der Waals surface area contributed by atoms with Crippen LogP contribution in [0.3, 0.4) is 0 Å². The summed E-state index contributed by atoms with van der Waals surface area (Å²) in [6, 6.07) is 0.711. The Bertz CT molecular complexity index is 870. The van der Waals surface area contributed by atoms with Crippen LogP contribution >= 0.6 is 0 Å². The number of nitrogens with zero attached hydrogens (tertiary/aromatic N) is 1. The van der Waals surface area contributed by atoms with Crippen LogP contribution in [-0.2, 0) is 0 Å². The molecule has 0 heterocycles. The fourth-order valence-electron chi connectivity index (χ4n) is 7.73. The predicted octanol–water partition coefficient (Wildman–Crippen LogP) is 15.9. The normalized spacial score (nSPS) is 18.1. The molecule has 1 saturated carbocycles. The average molecular weight is 676 g/mol. The van der Waals surface area contributed by atoms with Gasteiger partial charge in [0, 0.05) is 6.04 Å². The second-order valence-corrected chi connectivity index (χ2v) is 15.5. The van der Waals surface area contributed by atoms with Gasteiger partial charge in [-0.1, -0.05) is 189 Å². The molecule has 0 saturated heterocycles. The molecule has 0 N–H and O–H groups in total. The van der Waals surface area contributed by atoms with Crippen LogP contribution in [-0.4, -0.2) is 25.0 Å². The molecule has 3 unspecified atom stereocenters. The Hall–Kier alpha value is -1.60. The van der Waals surface area contributed by atoms with Crippen molar-refractivity contribution in [2.45, 2.75) is 206 Å². The molecule has 0 radical (unpaired) electrons. The van der Waals surface area contributed by atoms with E-state index in [-0.39, 0.29) is 0 Å². The molecule has 1 fully saturated rings. The second kappa shape index (κ2) is 34.8. The summed E-state index contributed by atoms with van der Waals surface area (Å²) < 4.78 is 0. The van der Waals surface area contributed by atoms with E-state index in [9.17, 15) is 0 Å². The third kappa shape index (κ3) is 27.8. The third-order valence-electron chi connectivity index (χ3n) is 10.8. The molecule has 0 bridgehead atoms. The van der Waals surface area contributed by atoms with Crippen LogP contribution in [0.5, 0.6) is 0 Å². The molecular formula is C48H85N. The Morgan fingerprint density at radius 2 is 0.980 bits per heavy atom. The zero-order chi connectivity index (χ0) is 35.5. The molecule has 49 heavy (non-hydrogen) atoms. The highest BCUT2D eigenvalue weighted by molar-refractivity contribution is 5.07. The summed E-state index contributed by atoms with van der Waals surface area (Å²) in [5.74, 6) is 1.57. The summed E-state index contributed by atoms with van der Waals surface area (Å²) in [6.45, 7) is 9.22. The van der Waals surface area contributed by atoms with Gasteiger partial charge in [0.15, 0.2) is 0 Å². The van der Waals surface area contributed by atoms with E-state index in [1.807, 2.05) is 0 Å². The second-order valence-electron chi connectivity index (χ2n) is 15.5. The van der Waals surface area contributed by atoms with Crippen molar-refractivity contribution in [3.05, 3.63) is 72.9 Å². The van der Waals surface area contributed by atoms with Gasteiger partial charge in [0.2, 0.25) is 0 Å². The lowest BCUT2D eigenvalue weighted by molar-refractivity contribution is 0.172. The highest BCUT2D eigenvalue weighted by atomic mass is 15.1. The largest absolute Gasteiger partial charge is 0.306 e. The lowest BCUT2D eigenvalue weighted by Gasteiger charge is -2.38. The van der Waals surface area contributed by atoms with Gasteiger partial charge < -0.3 is 4.90 Å². The van der Waals surface area contributed by atoms with Crippen molar-refractivity contribution in [1.82, 2.24) is 4.90 Å². The maximum atomic E-state index is 4.75. The van der Waals surface area contributed by atoms with Gasteiger partial charge in [-0.15, -0.1) is 0 Å². The lowest BCUT2D eigenvalue weighted by Crippen LogP contribution is -2.38. The van der Waals surface area contributed by atoms with E-state index >= 15 is 0 Å². The monoisotopic (exact) mass is 676 g/mol. The minimum Gasteiger partial charge on any atom is -0.306 e. The third-order valence-corrected chi connectivity index (χ3v) is 10.8. The van der Waals surface area contributed by atoms with E-state index in [2.05, 4.69) is 93.6 Å². The van der Waals surface area contributed by atoms with Crippen molar-refractivity contribution in [2.24, 2.45) is 11.8 Å².